The molecule has 1 aromatic rings. The van der Waals surface area contributed by atoms with E-state index < -0.39 is 0 Å². The van der Waals surface area contributed by atoms with Gasteiger partial charge in [0.05, 0.1) is 25.2 Å². The monoisotopic (exact) mass is 272 g/mol. The van der Waals surface area contributed by atoms with Crippen LogP contribution < -0.4 is 0 Å². The summed E-state index contributed by atoms with van der Waals surface area (Å²) in [5.41, 5.74) is 1.09. The molecule has 0 saturated carbocycles. The lowest BCUT2D eigenvalue weighted by atomic mass is 10.2. The maximum absolute atomic E-state index is 10.5. The zero-order chi connectivity index (χ0) is 13.2. The van der Waals surface area contributed by atoms with E-state index in [4.69, 9.17) is 21.1 Å². The zero-order valence-corrected chi connectivity index (χ0v) is 11.1. The van der Waals surface area contributed by atoms with Gasteiger partial charge in [0.15, 0.2) is 6.79 Å². The number of carbonyl (C=O) groups is 1. The summed E-state index contributed by atoms with van der Waals surface area (Å²) >= 11 is 5.72. The van der Waals surface area contributed by atoms with Crippen molar-refractivity contribution < 1.29 is 19.0 Å². The molecule has 5 heteroatoms. The Balaban J connectivity index is 2.17. The van der Waals surface area contributed by atoms with Gasteiger partial charge in [-0.25, -0.2) is 0 Å². The highest BCUT2D eigenvalue weighted by Crippen LogP contribution is 2.03. The van der Waals surface area contributed by atoms with Crippen LogP contribution in [0.2, 0.25) is 0 Å². The van der Waals surface area contributed by atoms with Crippen LogP contribution in [0.25, 0.3) is 0 Å². The highest BCUT2D eigenvalue weighted by atomic mass is 35.5. The molecule has 1 atom stereocenters. The number of halogens is 1. The van der Waals surface area contributed by atoms with Gasteiger partial charge in [0.2, 0.25) is 0 Å². The Morgan fingerprint density at radius 2 is 2.06 bits per heavy atom. The van der Waals surface area contributed by atoms with Crippen molar-refractivity contribution in [2.45, 2.75) is 19.6 Å². The summed E-state index contributed by atoms with van der Waals surface area (Å²) in [5, 5.41) is 0. The molecule has 1 rings (SSSR count). The van der Waals surface area contributed by atoms with Crippen molar-refractivity contribution in [3.05, 3.63) is 35.9 Å². The predicted molar refractivity (Wildman–Crippen MR) is 68.3 cm³/mol. The lowest BCUT2D eigenvalue weighted by Gasteiger charge is -2.15. The van der Waals surface area contributed by atoms with E-state index in [1.165, 1.54) is 6.92 Å². The first-order valence-corrected chi connectivity index (χ1v) is 6.18. The Labute approximate surface area is 112 Å². The van der Waals surface area contributed by atoms with Crippen molar-refractivity contribution in [1.82, 2.24) is 0 Å². The molecule has 18 heavy (non-hydrogen) atoms. The van der Waals surface area contributed by atoms with Crippen molar-refractivity contribution in [3.8, 4) is 0 Å². The Kier molecular flexibility index (Phi) is 7.41. The Bertz CT molecular complexity index is 342. The van der Waals surface area contributed by atoms with Crippen LogP contribution in [0.3, 0.4) is 0 Å². The fourth-order valence-electron chi connectivity index (χ4n) is 1.23. The lowest BCUT2D eigenvalue weighted by molar-refractivity contribution is -0.160. The number of ether oxygens (including phenoxy) is 3. The van der Waals surface area contributed by atoms with Crippen LogP contribution in [0.5, 0.6) is 0 Å². The fraction of sp³-hybridized carbons (Fsp3) is 0.462. The van der Waals surface area contributed by atoms with Gasteiger partial charge >= 0.3 is 5.97 Å². The quantitative estimate of drug-likeness (QED) is 0.414. The number of carbonyl (C=O) groups excluding carboxylic acids is 1. The summed E-state index contributed by atoms with van der Waals surface area (Å²) in [6.45, 7) is 2.09. The first kappa shape index (κ1) is 15.0. The van der Waals surface area contributed by atoms with Crippen LogP contribution >= 0.6 is 11.6 Å². The second-order valence-electron chi connectivity index (χ2n) is 3.70. The number of benzene rings is 1. The third-order valence-corrected chi connectivity index (χ3v) is 2.50. The smallest absolute Gasteiger partial charge is 0.304 e. The standard InChI is InChI=1S/C13H17ClO4/c1-11(15)17-10-18-13(7-14)9-16-8-12-5-3-2-4-6-12/h2-6,13H,7-10H2,1H3. The summed E-state index contributed by atoms with van der Waals surface area (Å²) < 4.78 is 15.4. The van der Waals surface area contributed by atoms with Crippen LogP contribution in [0.4, 0.5) is 0 Å². The first-order chi connectivity index (χ1) is 8.72. The van der Waals surface area contributed by atoms with Gasteiger partial charge in [-0.05, 0) is 5.56 Å². The Morgan fingerprint density at radius 1 is 1.33 bits per heavy atom. The maximum atomic E-state index is 10.5. The van der Waals surface area contributed by atoms with Gasteiger partial charge < -0.3 is 14.2 Å². The molecule has 0 radical (unpaired) electrons. The van der Waals surface area contributed by atoms with E-state index in [-0.39, 0.29) is 24.7 Å². The molecule has 1 unspecified atom stereocenters. The Hall–Kier alpha value is -1.10. The van der Waals surface area contributed by atoms with Crippen LogP contribution in [-0.4, -0.2) is 31.4 Å². The highest BCUT2D eigenvalue weighted by molar-refractivity contribution is 6.18. The number of hydrogen-bond donors (Lipinski definition) is 0. The average molecular weight is 273 g/mol. The fourth-order valence-corrected chi connectivity index (χ4v) is 1.41. The molecule has 0 spiro atoms. The molecule has 0 N–H and O–H groups in total. The van der Waals surface area contributed by atoms with E-state index in [1.807, 2.05) is 30.3 Å². The molecule has 0 saturated heterocycles. The van der Waals surface area contributed by atoms with Crippen LogP contribution in [-0.2, 0) is 25.6 Å². The van der Waals surface area contributed by atoms with Gasteiger partial charge in [-0.1, -0.05) is 30.3 Å². The van der Waals surface area contributed by atoms with Crippen molar-refractivity contribution in [1.29, 1.82) is 0 Å². The highest BCUT2D eigenvalue weighted by Gasteiger charge is 2.08. The SMILES string of the molecule is CC(=O)OCOC(CCl)COCc1ccccc1. The summed E-state index contributed by atoms with van der Waals surface area (Å²) in [6, 6.07) is 9.82. The Morgan fingerprint density at radius 3 is 2.67 bits per heavy atom. The van der Waals surface area contributed by atoms with Gasteiger partial charge in [0.25, 0.3) is 0 Å². The third-order valence-electron chi connectivity index (χ3n) is 2.15. The molecule has 0 heterocycles. The maximum Gasteiger partial charge on any atom is 0.304 e. The van der Waals surface area contributed by atoms with Crippen molar-refractivity contribution in [2.75, 3.05) is 19.3 Å². The van der Waals surface area contributed by atoms with Gasteiger partial charge in [0, 0.05) is 6.92 Å². The molecule has 0 aliphatic rings. The minimum atomic E-state index is -0.381. The second-order valence-corrected chi connectivity index (χ2v) is 4.01. The number of rotatable bonds is 8. The third kappa shape index (κ3) is 6.59. The van der Waals surface area contributed by atoms with Gasteiger partial charge in [-0.15, -0.1) is 11.6 Å². The molecule has 0 aliphatic heterocycles. The lowest BCUT2D eigenvalue weighted by Crippen LogP contribution is -2.23. The average Bonchev–Trinajstić information content (AvgIpc) is 2.38. The number of hydrogen-bond acceptors (Lipinski definition) is 4. The minimum absolute atomic E-state index is 0.0958. The molecule has 4 nitrogen and oxygen atoms in total. The summed E-state index contributed by atoms with van der Waals surface area (Å²) in [7, 11) is 0. The molecule has 0 fully saturated rings. The van der Waals surface area contributed by atoms with E-state index >= 15 is 0 Å². The van der Waals surface area contributed by atoms with E-state index in [1.54, 1.807) is 0 Å². The normalized spacial score (nSPS) is 12.1. The largest absolute Gasteiger partial charge is 0.439 e. The predicted octanol–water partition coefficient (Wildman–Crippen LogP) is 2.35. The molecule has 0 aromatic heterocycles. The van der Waals surface area contributed by atoms with Crippen molar-refractivity contribution in [2.24, 2.45) is 0 Å². The van der Waals surface area contributed by atoms with Gasteiger partial charge in [0.1, 0.15) is 0 Å². The molecule has 0 bridgehead atoms. The second kappa shape index (κ2) is 8.91. The van der Waals surface area contributed by atoms with Gasteiger partial charge in [-0.3, -0.25) is 4.79 Å². The minimum Gasteiger partial charge on any atom is -0.439 e. The summed E-state index contributed by atoms with van der Waals surface area (Å²) in [5.74, 6) is -0.0932. The van der Waals surface area contributed by atoms with E-state index in [2.05, 4.69) is 4.74 Å². The molecular formula is C13H17ClO4. The summed E-state index contributed by atoms with van der Waals surface area (Å²) in [4.78, 5) is 10.5. The molecule has 1 aromatic carbocycles. The molecule has 100 valence electrons. The van der Waals surface area contributed by atoms with E-state index in [0.29, 0.717) is 13.2 Å². The molecule has 0 amide bonds. The molecule has 0 aliphatic carbocycles. The van der Waals surface area contributed by atoms with E-state index in [0.717, 1.165) is 5.56 Å². The van der Waals surface area contributed by atoms with Crippen LogP contribution in [0, 0.1) is 0 Å². The zero-order valence-electron chi connectivity index (χ0n) is 10.3. The van der Waals surface area contributed by atoms with Crippen LogP contribution in [0.1, 0.15) is 12.5 Å². The summed E-state index contributed by atoms with van der Waals surface area (Å²) in [6.07, 6.45) is -0.283. The first-order valence-electron chi connectivity index (χ1n) is 5.65. The molecular weight excluding hydrogens is 256 g/mol. The number of alkyl halides is 1. The van der Waals surface area contributed by atoms with Crippen LogP contribution in [0.15, 0.2) is 30.3 Å². The van der Waals surface area contributed by atoms with Crippen molar-refractivity contribution in [3.63, 3.8) is 0 Å². The van der Waals surface area contributed by atoms with Gasteiger partial charge in [-0.2, -0.15) is 0 Å². The topological polar surface area (TPSA) is 44.8 Å². The number of esters is 1. The van der Waals surface area contributed by atoms with E-state index in [9.17, 15) is 4.79 Å². The van der Waals surface area contributed by atoms with Crippen molar-refractivity contribution >= 4 is 17.6 Å².